The van der Waals surface area contributed by atoms with Gasteiger partial charge in [0.05, 0.1) is 17.7 Å². The molecule has 2 aromatic rings. The Morgan fingerprint density at radius 3 is 2.79 bits per heavy atom. The average Bonchev–Trinajstić information content (AvgIpc) is 2.52. The maximum absolute atomic E-state index is 11.4. The van der Waals surface area contributed by atoms with Gasteiger partial charge in [0.1, 0.15) is 12.1 Å². The molecule has 1 N–H and O–H groups in total. The maximum Gasteiger partial charge on any atom is 0.334 e. The van der Waals surface area contributed by atoms with E-state index < -0.39 is 17.7 Å². The number of benzene rings is 1. The van der Waals surface area contributed by atoms with Crippen LogP contribution < -0.4 is 4.90 Å². The number of aromatic nitrogens is 2. The highest BCUT2D eigenvalue weighted by Gasteiger charge is 2.38. The van der Waals surface area contributed by atoms with Crippen molar-refractivity contribution in [1.29, 1.82) is 0 Å². The van der Waals surface area contributed by atoms with Crippen molar-refractivity contribution in [3.8, 4) is 0 Å². The number of aliphatic carboxylic acids is 1. The van der Waals surface area contributed by atoms with Gasteiger partial charge in [-0.2, -0.15) is 0 Å². The molecule has 2 heterocycles. The summed E-state index contributed by atoms with van der Waals surface area (Å²) in [5.74, 6) is 0.217. The molecule has 6 heteroatoms. The number of hydrogen-bond acceptors (Lipinski definition) is 5. The van der Waals surface area contributed by atoms with Crippen molar-refractivity contribution >= 4 is 22.7 Å². The third-order valence-electron chi connectivity index (χ3n) is 4.30. The third kappa shape index (κ3) is 3.19. The summed E-state index contributed by atoms with van der Waals surface area (Å²) in [5, 5.41) is 10.3. The zero-order valence-corrected chi connectivity index (χ0v) is 14.5. The van der Waals surface area contributed by atoms with Gasteiger partial charge < -0.3 is 14.7 Å². The molecule has 1 atom stereocenters. The molecule has 0 radical (unpaired) electrons. The highest BCUT2D eigenvalue weighted by Crippen LogP contribution is 2.31. The van der Waals surface area contributed by atoms with Crippen LogP contribution in [0.25, 0.3) is 10.9 Å². The van der Waals surface area contributed by atoms with Crippen LogP contribution in [0.1, 0.15) is 39.2 Å². The molecular formula is C18H23N3O3. The van der Waals surface area contributed by atoms with Crippen LogP contribution in [-0.4, -0.2) is 45.8 Å². The van der Waals surface area contributed by atoms with Crippen molar-refractivity contribution in [3.63, 3.8) is 0 Å². The molecule has 1 aliphatic rings. The number of fused-ring (bicyclic) bond motifs is 1. The second-order valence-electron chi connectivity index (χ2n) is 7.21. The van der Waals surface area contributed by atoms with E-state index in [0.717, 1.165) is 16.7 Å². The molecule has 1 saturated heterocycles. The molecule has 0 amide bonds. The number of anilines is 1. The molecule has 1 aliphatic heterocycles. The number of morpholine rings is 1. The lowest BCUT2D eigenvalue weighted by molar-refractivity contribution is -0.163. The van der Waals surface area contributed by atoms with Crippen LogP contribution in [0.2, 0.25) is 0 Å². The van der Waals surface area contributed by atoms with Gasteiger partial charge in [-0.05, 0) is 37.5 Å². The Labute approximate surface area is 141 Å². The Morgan fingerprint density at radius 1 is 1.38 bits per heavy atom. The van der Waals surface area contributed by atoms with Crippen molar-refractivity contribution < 1.29 is 14.6 Å². The first-order valence-electron chi connectivity index (χ1n) is 8.17. The lowest BCUT2D eigenvalue weighted by Crippen LogP contribution is -2.55. The third-order valence-corrected chi connectivity index (χ3v) is 4.30. The fourth-order valence-electron chi connectivity index (χ4n) is 3.15. The van der Waals surface area contributed by atoms with Gasteiger partial charge in [0.2, 0.25) is 0 Å². The summed E-state index contributed by atoms with van der Waals surface area (Å²) in [6, 6.07) is 6.18. The molecular weight excluding hydrogens is 306 g/mol. The largest absolute Gasteiger partial charge is 0.479 e. The van der Waals surface area contributed by atoms with Crippen LogP contribution in [-0.2, 0) is 9.53 Å². The molecule has 1 fully saturated rings. The molecule has 6 nitrogen and oxygen atoms in total. The van der Waals surface area contributed by atoms with E-state index in [1.54, 1.807) is 0 Å². The lowest BCUT2D eigenvalue weighted by atomic mass is 10.0. The van der Waals surface area contributed by atoms with Crippen LogP contribution >= 0.6 is 0 Å². The summed E-state index contributed by atoms with van der Waals surface area (Å²) >= 11 is 0. The normalized spacial score (nSPS) is 20.5. The van der Waals surface area contributed by atoms with Gasteiger partial charge in [0.15, 0.2) is 6.10 Å². The van der Waals surface area contributed by atoms with Gasteiger partial charge in [0.25, 0.3) is 0 Å². The SMILES string of the molecule is CC(C)c1ccc2ncnc(N3CC(C(=O)O)OC(C)(C)C3)c2c1. The van der Waals surface area contributed by atoms with Crippen LogP contribution in [0.5, 0.6) is 0 Å². The molecule has 0 bridgehead atoms. The van der Waals surface area contributed by atoms with Crippen LogP contribution in [0.4, 0.5) is 5.82 Å². The topological polar surface area (TPSA) is 75.6 Å². The van der Waals surface area contributed by atoms with Gasteiger partial charge in [-0.3, -0.25) is 0 Å². The van der Waals surface area contributed by atoms with Crippen molar-refractivity contribution in [2.45, 2.75) is 45.3 Å². The van der Waals surface area contributed by atoms with E-state index in [-0.39, 0.29) is 6.54 Å². The quantitative estimate of drug-likeness (QED) is 0.933. The van der Waals surface area contributed by atoms with Crippen LogP contribution in [0.15, 0.2) is 24.5 Å². The smallest absolute Gasteiger partial charge is 0.334 e. The Morgan fingerprint density at radius 2 is 2.12 bits per heavy atom. The summed E-state index contributed by atoms with van der Waals surface area (Å²) in [7, 11) is 0. The number of carboxylic acids is 1. The summed E-state index contributed by atoms with van der Waals surface area (Å²) in [6.45, 7) is 8.94. The minimum absolute atomic E-state index is 0.275. The number of nitrogens with zero attached hydrogens (tertiary/aromatic N) is 3. The minimum atomic E-state index is -0.950. The molecule has 1 unspecified atom stereocenters. The summed E-state index contributed by atoms with van der Waals surface area (Å²) in [5.41, 5.74) is 1.51. The fraction of sp³-hybridized carbons (Fsp3) is 0.500. The zero-order valence-electron chi connectivity index (χ0n) is 14.5. The zero-order chi connectivity index (χ0) is 17.5. The van der Waals surface area contributed by atoms with Gasteiger partial charge in [0, 0.05) is 11.9 Å². The molecule has 3 rings (SSSR count). The summed E-state index contributed by atoms with van der Waals surface area (Å²) in [6.07, 6.45) is 0.664. The number of carbonyl (C=O) groups is 1. The monoisotopic (exact) mass is 329 g/mol. The van der Waals surface area contributed by atoms with E-state index in [2.05, 4.69) is 35.9 Å². The fourth-order valence-corrected chi connectivity index (χ4v) is 3.15. The van der Waals surface area contributed by atoms with E-state index in [9.17, 15) is 9.90 Å². The van der Waals surface area contributed by atoms with Gasteiger partial charge in [-0.25, -0.2) is 14.8 Å². The van der Waals surface area contributed by atoms with Crippen molar-refractivity contribution in [2.24, 2.45) is 0 Å². The van der Waals surface area contributed by atoms with E-state index >= 15 is 0 Å². The predicted octanol–water partition coefficient (Wildman–Crippen LogP) is 2.82. The highest BCUT2D eigenvalue weighted by atomic mass is 16.5. The molecule has 24 heavy (non-hydrogen) atoms. The van der Waals surface area contributed by atoms with E-state index in [1.807, 2.05) is 24.8 Å². The van der Waals surface area contributed by atoms with Crippen molar-refractivity contribution in [1.82, 2.24) is 9.97 Å². The van der Waals surface area contributed by atoms with Gasteiger partial charge in [-0.15, -0.1) is 0 Å². The summed E-state index contributed by atoms with van der Waals surface area (Å²) < 4.78 is 5.68. The lowest BCUT2D eigenvalue weighted by Gasteiger charge is -2.42. The highest BCUT2D eigenvalue weighted by molar-refractivity contribution is 5.90. The first kappa shape index (κ1) is 16.6. The maximum atomic E-state index is 11.4. The number of rotatable bonds is 3. The second kappa shape index (κ2) is 6.02. The number of carboxylic acid groups (broad SMARTS) is 1. The Kier molecular flexibility index (Phi) is 4.17. The average molecular weight is 329 g/mol. The second-order valence-corrected chi connectivity index (χ2v) is 7.21. The number of hydrogen-bond donors (Lipinski definition) is 1. The van der Waals surface area contributed by atoms with Gasteiger partial charge >= 0.3 is 5.97 Å². The summed E-state index contributed by atoms with van der Waals surface area (Å²) in [4.78, 5) is 22.2. The molecule has 1 aromatic heterocycles. The van der Waals surface area contributed by atoms with Crippen molar-refractivity contribution in [2.75, 3.05) is 18.0 Å². The van der Waals surface area contributed by atoms with E-state index in [1.165, 1.54) is 11.9 Å². The van der Waals surface area contributed by atoms with E-state index in [0.29, 0.717) is 12.5 Å². The minimum Gasteiger partial charge on any atom is -0.479 e. The van der Waals surface area contributed by atoms with E-state index in [4.69, 9.17) is 4.74 Å². The predicted molar refractivity (Wildman–Crippen MR) is 92.4 cm³/mol. The van der Waals surface area contributed by atoms with Crippen LogP contribution in [0.3, 0.4) is 0 Å². The van der Waals surface area contributed by atoms with Gasteiger partial charge in [-0.1, -0.05) is 19.9 Å². The van der Waals surface area contributed by atoms with Crippen LogP contribution in [0, 0.1) is 0 Å². The number of ether oxygens (including phenoxy) is 1. The first-order valence-corrected chi connectivity index (χ1v) is 8.17. The Bertz CT molecular complexity index is 773. The Hall–Kier alpha value is -2.21. The molecule has 0 saturated carbocycles. The first-order chi connectivity index (χ1) is 11.3. The van der Waals surface area contributed by atoms with Crippen molar-refractivity contribution in [3.05, 3.63) is 30.1 Å². The molecule has 0 spiro atoms. The Balaban J connectivity index is 2.07. The standard InChI is InChI=1S/C18H23N3O3/c1-11(2)12-5-6-14-13(7-12)16(20-10-19-14)21-8-15(17(22)23)24-18(3,4)9-21/h5-7,10-11,15H,8-9H2,1-4H3,(H,22,23). The molecule has 1 aromatic carbocycles. The molecule has 0 aliphatic carbocycles. The molecule has 128 valence electrons.